The molecular formula is C12H17BrClN. The molecular weight excluding hydrogens is 273 g/mol. The van der Waals surface area contributed by atoms with E-state index in [1.54, 1.807) is 0 Å². The molecule has 1 aromatic rings. The summed E-state index contributed by atoms with van der Waals surface area (Å²) in [5, 5.41) is 0.736. The van der Waals surface area contributed by atoms with Crippen LogP contribution >= 0.6 is 27.5 Å². The van der Waals surface area contributed by atoms with E-state index in [0.717, 1.165) is 21.5 Å². The lowest BCUT2D eigenvalue weighted by Gasteiger charge is -2.12. The lowest BCUT2D eigenvalue weighted by Crippen LogP contribution is -2.09. The third-order valence-corrected chi connectivity index (χ3v) is 3.70. The third kappa shape index (κ3) is 4.13. The van der Waals surface area contributed by atoms with Crippen molar-refractivity contribution >= 4 is 27.5 Å². The second-order valence-corrected chi connectivity index (χ2v) is 5.04. The largest absolute Gasteiger partial charge is 0.324 e. The van der Waals surface area contributed by atoms with E-state index in [1.807, 2.05) is 18.2 Å². The molecule has 0 aliphatic heterocycles. The van der Waals surface area contributed by atoms with Gasteiger partial charge in [0.1, 0.15) is 0 Å². The summed E-state index contributed by atoms with van der Waals surface area (Å²) in [7, 11) is 0. The average molecular weight is 291 g/mol. The number of rotatable bonds is 5. The molecule has 0 saturated heterocycles. The zero-order valence-corrected chi connectivity index (χ0v) is 11.3. The second-order valence-electron chi connectivity index (χ2n) is 3.78. The lowest BCUT2D eigenvalue weighted by atomic mass is 10.0. The van der Waals surface area contributed by atoms with Crippen LogP contribution in [0.4, 0.5) is 0 Å². The number of hydrogen-bond acceptors (Lipinski definition) is 1. The van der Waals surface area contributed by atoms with Gasteiger partial charge < -0.3 is 5.73 Å². The standard InChI is InChI=1S/C12H17BrClN/c1-2-3-4-5-12(15)9-6-7-11(14)10(13)8-9/h6-8,12H,2-5,15H2,1H3/t12-/m1/s1. The summed E-state index contributed by atoms with van der Waals surface area (Å²) in [6.45, 7) is 2.20. The Balaban J connectivity index is 2.57. The van der Waals surface area contributed by atoms with Crippen LogP contribution < -0.4 is 5.73 Å². The molecule has 1 rings (SSSR count). The van der Waals surface area contributed by atoms with Crippen molar-refractivity contribution in [1.82, 2.24) is 0 Å². The summed E-state index contributed by atoms with van der Waals surface area (Å²) in [6.07, 6.45) is 4.72. The van der Waals surface area contributed by atoms with Gasteiger partial charge in [0.2, 0.25) is 0 Å². The topological polar surface area (TPSA) is 26.0 Å². The smallest absolute Gasteiger partial charge is 0.0548 e. The summed E-state index contributed by atoms with van der Waals surface area (Å²) < 4.78 is 0.924. The predicted molar refractivity (Wildman–Crippen MR) is 70.2 cm³/mol. The Labute approximate surface area is 105 Å². The summed E-state index contributed by atoms with van der Waals surface area (Å²) in [5.41, 5.74) is 7.25. The highest BCUT2D eigenvalue weighted by Gasteiger charge is 2.07. The number of unbranched alkanes of at least 4 members (excludes halogenated alkanes) is 2. The number of hydrogen-bond donors (Lipinski definition) is 1. The molecule has 0 spiro atoms. The quantitative estimate of drug-likeness (QED) is 0.783. The third-order valence-electron chi connectivity index (χ3n) is 2.49. The van der Waals surface area contributed by atoms with Gasteiger partial charge in [-0.3, -0.25) is 0 Å². The van der Waals surface area contributed by atoms with E-state index in [1.165, 1.54) is 19.3 Å². The van der Waals surface area contributed by atoms with Crippen LogP contribution in [-0.4, -0.2) is 0 Å². The predicted octanol–water partition coefficient (Wildman–Crippen LogP) is 4.68. The molecule has 3 heteroatoms. The Morgan fingerprint density at radius 2 is 2.13 bits per heavy atom. The van der Waals surface area contributed by atoms with E-state index in [-0.39, 0.29) is 6.04 Å². The molecule has 15 heavy (non-hydrogen) atoms. The first-order valence-electron chi connectivity index (χ1n) is 5.35. The molecule has 0 unspecified atom stereocenters. The normalized spacial score (nSPS) is 12.8. The zero-order valence-electron chi connectivity index (χ0n) is 8.97. The van der Waals surface area contributed by atoms with E-state index >= 15 is 0 Å². The minimum absolute atomic E-state index is 0.130. The molecule has 2 N–H and O–H groups in total. The molecule has 0 fully saturated rings. The summed E-state index contributed by atoms with van der Waals surface area (Å²) in [6, 6.07) is 6.04. The SMILES string of the molecule is CCCCC[C@@H](N)c1ccc(Cl)c(Br)c1. The fourth-order valence-corrected chi connectivity index (χ4v) is 2.04. The zero-order chi connectivity index (χ0) is 11.3. The van der Waals surface area contributed by atoms with Crippen LogP contribution in [0.15, 0.2) is 22.7 Å². The van der Waals surface area contributed by atoms with Crippen LogP contribution in [-0.2, 0) is 0 Å². The highest BCUT2D eigenvalue weighted by molar-refractivity contribution is 9.10. The van der Waals surface area contributed by atoms with Crippen molar-refractivity contribution in [3.8, 4) is 0 Å². The van der Waals surface area contributed by atoms with Gasteiger partial charge in [-0.25, -0.2) is 0 Å². The van der Waals surface area contributed by atoms with Crippen molar-refractivity contribution in [1.29, 1.82) is 0 Å². The number of nitrogens with two attached hydrogens (primary N) is 1. The van der Waals surface area contributed by atoms with Gasteiger partial charge >= 0.3 is 0 Å². The fourth-order valence-electron chi connectivity index (χ4n) is 1.52. The average Bonchev–Trinajstić information content (AvgIpc) is 2.22. The minimum atomic E-state index is 0.130. The number of halogens is 2. The molecule has 84 valence electrons. The van der Waals surface area contributed by atoms with Crippen LogP contribution in [0.5, 0.6) is 0 Å². The highest BCUT2D eigenvalue weighted by atomic mass is 79.9. The molecule has 0 radical (unpaired) electrons. The first kappa shape index (κ1) is 13.0. The van der Waals surface area contributed by atoms with E-state index in [2.05, 4.69) is 22.9 Å². The van der Waals surface area contributed by atoms with Crippen molar-refractivity contribution in [2.24, 2.45) is 5.73 Å². The summed E-state index contributed by atoms with van der Waals surface area (Å²) >= 11 is 9.33. The van der Waals surface area contributed by atoms with Gasteiger partial charge in [-0.15, -0.1) is 0 Å². The van der Waals surface area contributed by atoms with E-state index < -0.39 is 0 Å². The maximum Gasteiger partial charge on any atom is 0.0548 e. The molecule has 1 aromatic carbocycles. The van der Waals surface area contributed by atoms with Gasteiger partial charge in [0.15, 0.2) is 0 Å². The van der Waals surface area contributed by atoms with Gasteiger partial charge in [-0.1, -0.05) is 43.9 Å². The van der Waals surface area contributed by atoms with Gasteiger partial charge in [-0.05, 0) is 40.0 Å². The van der Waals surface area contributed by atoms with Gasteiger partial charge in [0, 0.05) is 10.5 Å². The molecule has 0 amide bonds. The molecule has 0 bridgehead atoms. The van der Waals surface area contributed by atoms with Crippen LogP contribution in [0.1, 0.15) is 44.2 Å². The summed E-state index contributed by atoms with van der Waals surface area (Å²) in [4.78, 5) is 0. The van der Waals surface area contributed by atoms with Crippen LogP contribution in [0.3, 0.4) is 0 Å². The first-order valence-corrected chi connectivity index (χ1v) is 6.52. The van der Waals surface area contributed by atoms with Crippen LogP contribution in [0, 0.1) is 0 Å². The van der Waals surface area contributed by atoms with Crippen LogP contribution in [0.2, 0.25) is 5.02 Å². The Morgan fingerprint density at radius 1 is 1.40 bits per heavy atom. The summed E-state index contributed by atoms with van der Waals surface area (Å²) in [5.74, 6) is 0. The van der Waals surface area contributed by atoms with Crippen molar-refractivity contribution in [2.45, 2.75) is 38.6 Å². The number of benzene rings is 1. The Morgan fingerprint density at radius 3 is 2.73 bits per heavy atom. The van der Waals surface area contributed by atoms with Crippen molar-refractivity contribution in [2.75, 3.05) is 0 Å². The maximum absolute atomic E-state index is 6.09. The minimum Gasteiger partial charge on any atom is -0.324 e. The Kier molecular flexibility index (Phi) is 5.65. The highest BCUT2D eigenvalue weighted by Crippen LogP contribution is 2.27. The van der Waals surface area contributed by atoms with Crippen LogP contribution in [0.25, 0.3) is 0 Å². The molecule has 0 aromatic heterocycles. The lowest BCUT2D eigenvalue weighted by molar-refractivity contribution is 0.581. The van der Waals surface area contributed by atoms with Crippen molar-refractivity contribution in [3.63, 3.8) is 0 Å². The van der Waals surface area contributed by atoms with Crippen molar-refractivity contribution in [3.05, 3.63) is 33.3 Å². The van der Waals surface area contributed by atoms with Crippen molar-refractivity contribution < 1.29 is 0 Å². The van der Waals surface area contributed by atoms with Gasteiger partial charge in [-0.2, -0.15) is 0 Å². The molecule has 0 saturated carbocycles. The molecule has 0 heterocycles. The molecule has 1 atom stereocenters. The van der Waals surface area contributed by atoms with Gasteiger partial charge in [0.25, 0.3) is 0 Å². The molecule has 1 nitrogen and oxygen atoms in total. The van der Waals surface area contributed by atoms with E-state index in [4.69, 9.17) is 17.3 Å². The fraction of sp³-hybridized carbons (Fsp3) is 0.500. The second kappa shape index (κ2) is 6.51. The monoisotopic (exact) mass is 289 g/mol. The first-order chi connectivity index (χ1) is 7.15. The van der Waals surface area contributed by atoms with Gasteiger partial charge in [0.05, 0.1) is 5.02 Å². The Bertz CT molecular complexity index is 314. The van der Waals surface area contributed by atoms with E-state index in [9.17, 15) is 0 Å². The molecule has 0 aliphatic rings. The van der Waals surface area contributed by atoms with E-state index in [0.29, 0.717) is 0 Å². The Hall–Kier alpha value is -0.0500. The molecule has 0 aliphatic carbocycles. The maximum atomic E-state index is 6.09.